The topological polar surface area (TPSA) is 72.0 Å². The molecule has 6 heteroatoms. The van der Waals surface area contributed by atoms with Gasteiger partial charge in [-0.05, 0) is 22.9 Å². The second-order valence-corrected chi connectivity index (χ2v) is 3.22. The van der Waals surface area contributed by atoms with Gasteiger partial charge in [0.2, 0.25) is 0 Å². The molecule has 0 radical (unpaired) electrons. The molecule has 0 saturated carbocycles. The molecule has 2 aromatic rings. The molecular weight excluding hydrogens is 240 g/mol. The van der Waals surface area contributed by atoms with Crippen molar-refractivity contribution in [2.45, 2.75) is 6.92 Å². The molecule has 13 heavy (non-hydrogen) atoms. The minimum absolute atomic E-state index is 0.233. The Morgan fingerprint density at radius 1 is 1.54 bits per heavy atom. The van der Waals surface area contributed by atoms with Crippen LogP contribution in [0.5, 0.6) is 0 Å². The Labute approximate surface area is 80.9 Å². The fourth-order valence-corrected chi connectivity index (χ4v) is 1.47. The van der Waals surface area contributed by atoms with Crippen LogP contribution in [0.2, 0.25) is 0 Å². The molecule has 2 heterocycles. The Bertz CT molecular complexity index is 482. The van der Waals surface area contributed by atoms with E-state index in [0.29, 0.717) is 16.0 Å². The molecule has 0 aromatic carbocycles. The summed E-state index contributed by atoms with van der Waals surface area (Å²) in [5.41, 5.74) is 0.658. The minimum Gasteiger partial charge on any atom is -0.454 e. The van der Waals surface area contributed by atoms with Crippen LogP contribution in [-0.4, -0.2) is 10.2 Å². The van der Waals surface area contributed by atoms with Crippen molar-refractivity contribution in [2.24, 2.45) is 0 Å². The summed E-state index contributed by atoms with van der Waals surface area (Å²) < 4.78 is 10.5. The highest BCUT2D eigenvalue weighted by Crippen LogP contribution is 2.26. The van der Waals surface area contributed by atoms with E-state index in [4.69, 9.17) is 8.83 Å². The lowest BCUT2D eigenvalue weighted by Crippen LogP contribution is -1.93. The predicted molar refractivity (Wildman–Crippen MR) is 47.3 cm³/mol. The van der Waals surface area contributed by atoms with Crippen LogP contribution in [-0.2, 0) is 0 Å². The van der Waals surface area contributed by atoms with Gasteiger partial charge >= 0.3 is 5.76 Å². The number of hydrogen-bond donors (Lipinski definition) is 1. The van der Waals surface area contributed by atoms with Gasteiger partial charge in [0.25, 0.3) is 5.89 Å². The molecular formula is C7H5BrN2O3. The summed E-state index contributed by atoms with van der Waals surface area (Å²) in [7, 11) is 0. The minimum atomic E-state index is -0.577. The van der Waals surface area contributed by atoms with Crippen molar-refractivity contribution in [1.29, 1.82) is 0 Å². The number of aryl methyl sites for hydroxylation is 1. The van der Waals surface area contributed by atoms with Crippen molar-refractivity contribution in [1.82, 2.24) is 10.2 Å². The van der Waals surface area contributed by atoms with Crippen LogP contribution in [0.15, 0.2) is 24.4 Å². The number of nitrogens with one attached hydrogen (secondary N) is 1. The number of H-pyrrole nitrogens is 1. The van der Waals surface area contributed by atoms with Gasteiger partial charge in [0.1, 0.15) is 5.76 Å². The molecule has 0 unspecified atom stereocenters. The van der Waals surface area contributed by atoms with Crippen LogP contribution in [0.4, 0.5) is 0 Å². The monoisotopic (exact) mass is 244 g/mol. The van der Waals surface area contributed by atoms with Crippen molar-refractivity contribution in [2.75, 3.05) is 0 Å². The molecule has 0 spiro atoms. The SMILES string of the molecule is Cc1oc(Br)cc1-c1n[nH]c(=O)o1. The Kier molecular flexibility index (Phi) is 1.84. The molecule has 0 bridgehead atoms. The van der Waals surface area contributed by atoms with Gasteiger partial charge < -0.3 is 8.83 Å². The Morgan fingerprint density at radius 2 is 2.31 bits per heavy atom. The van der Waals surface area contributed by atoms with Crippen molar-refractivity contribution < 1.29 is 8.83 Å². The highest BCUT2D eigenvalue weighted by molar-refractivity contribution is 9.10. The molecule has 1 N–H and O–H groups in total. The molecule has 2 aromatic heterocycles. The average molecular weight is 245 g/mol. The Morgan fingerprint density at radius 3 is 2.77 bits per heavy atom. The molecule has 68 valence electrons. The van der Waals surface area contributed by atoms with E-state index in [1.165, 1.54) is 0 Å². The van der Waals surface area contributed by atoms with Crippen molar-refractivity contribution in [3.8, 4) is 11.5 Å². The number of furan rings is 1. The first-order chi connectivity index (χ1) is 6.16. The fraction of sp³-hybridized carbons (Fsp3) is 0.143. The van der Waals surface area contributed by atoms with Crippen LogP contribution in [0.1, 0.15) is 5.76 Å². The lowest BCUT2D eigenvalue weighted by atomic mass is 10.3. The molecule has 2 rings (SSSR count). The number of halogens is 1. The van der Waals surface area contributed by atoms with Crippen molar-refractivity contribution >= 4 is 15.9 Å². The predicted octanol–water partition coefficient (Wildman–Crippen LogP) is 1.69. The van der Waals surface area contributed by atoms with Gasteiger partial charge in [0.05, 0.1) is 5.56 Å². The van der Waals surface area contributed by atoms with Gasteiger partial charge in [0, 0.05) is 6.07 Å². The number of hydrogen-bond acceptors (Lipinski definition) is 4. The van der Waals surface area contributed by atoms with E-state index >= 15 is 0 Å². The molecule has 0 aliphatic carbocycles. The van der Waals surface area contributed by atoms with Gasteiger partial charge in [-0.1, -0.05) is 0 Å². The van der Waals surface area contributed by atoms with E-state index in [9.17, 15) is 4.79 Å². The summed E-state index contributed by atoms with van der Waals surface area (Å²) in [6.45, 7) is 1.76. The van der Waals surface area contributed by atoms with Crippen LogP contribution in [0.25, 0.3) is 11.5 Å². The molecule has 0 aliphatic rings. The average Bonchev–Trinajstić information content (AvgIpc) is 2.58. The van der Waals surface area contributed by atoms with Crippen molar-refractivity contribution in [3.63, 3.8) is 0 Å². The number of rotatable bonds is 1. The van der Waals surface area contributed by atoms with Crippen LogP contribution in [0.3, 0.4) is 0 Å². The van der Waals surface area contributed by atoms with Gasteiger partial charge in [-0.25, -0.2) is 9.89 Å². The number of nitrogens with zero attached hydrogens (tertiary/aromatic N) is 1. The Hall–Kier alpha value is -1.30. The zero-order valence-electron chi connectivity index (χ0n) is 6.63. The van der Waals surface area contributed by atoms with Gasteiger partial charge in [-0.15, -0.1) is 5.10 Å². The molecule has 0 amide bonds. The maximum atomic E-state index is 10.7. The maximum absolute atomic E-state index is 10.7. The van der Waals surface area contributed by atoms with Crippen molar-refractivity contribution in [3.05, 3.63) is 27.0 Å². The highest BCUT2D eigenvalue weighted by atomic mass is 79.9. The summed E-state index contributed by atoms with van der Waals surface area (Å²) in [6, 6.07) is 1.69. The highest BCUT2D eigenvalue weighted by Gasteiger charge is 2.12. The smallest absolute Gasteiger partial charge is 0.434 e. The fourth-order valence-electron chi connectivity index (χ4n) is 1.00. The summed E-state index contributed by atoms with van der Waals surface area (Å²) in [5.74, 6) is 0.297. The van der Waals surface area contributed by atoms with E-state index in [1.807, 2.05) is 0 Å². The summed E-state index contributed by atoms with van der Waals surface area (Å²) in [5, 5.41) is 5.85. The third-order valence-electron chi connectivity index (χ3n) is 1.56. The van der Waals surface area contributed by atoms with Gasteiger partial charge in [-0.2, -0.15) is 0 Å². The summed E-state index contributed by atoms with van der Waals surface area (Å²) >= 11 is 3.16. The molecule has 0 saturated heterocycles. The van der Waals surface area contributed by atoms with Gasteiger partial charge in [-0.3, -0.25) is 0 Å². The largest absolute Gasteiger partial charge is 0.454 e. The van der Waals surface area contributed by atoms with Crippen LogP contribution >= 0.6 is 15.9 Å². The first kappa shape index (κ1) is 8.31. The molecule has 0 aliphatic heterocycles. The van der Waals surface area contributed by atoms with Gasteiger partial charge in [0.15, 0.2) is 4.67 Å². The normalized spacial score (nSPS) is 10.6. The van der Waals surface area contributed by atoms with E-state index in [0.717, 1.165) is 0 Å². The summed E-state index contributed by atoms with van der Waals surface area (Å²) in [6.07, 6.45) is 0. The second-order valence-electron chi connectivity index (χ2n) is 2.44. The van der Waals surface area contributed by atoms with Crippen LogP contribution in [0, 0.1) is 6.92 Å². The molecule has 0 atom stereocenters. The number of aromatic nitrogens is 2. The first-order valence-corrected chi connectivity index (χ1v) is 4.28. The third kappa shape index (κ3) is 1.44. The lowest BCUT2D eigenvalue weighted by molar-refractivity contribution is 0.503. The molecule has 0 fully saturated rings. The van der Waals surface area contributed by atoms with E-state index in [-0.39, 0.29) is 5.89 Å². The number of aromatic amines is 1. The lowest BCUT2D eigenvalue weighted by Gasteiger charge is -1.86. The standard InChI is InChI=1S/C7H5BrN2O3/c1-3-4(2-5(8)12-3)6-9-10-7(11)13-6/h2H,1H3,(H,10,11). The quantitative estimate of drug-likeness (QED) is 0.829. The zero-order valence-corrected chi connectivity index (χ0v) is 8.21. The zero-order chi connectivity index (χ0) is 9.42. The van der Waals surface area contributed by atoms with Crippen LogP contribution < -0.4 is 5.76 Å². The van der Waals surface area contributed by atoms with E-state index in [2.05, 4.69) is 26.1 Å². The Balaban J connectivity index is 2.57. The van der Waals surface area contributed by atoms with E-state index < -0.39 is 5.76 Å². The maximum Gasteiger partial charge on any atom is 0.434 e. The third-order valence-corrected chi connectivity index (χ3v) is 1.95. The second kappa shape index (κ2) is 2.88. The summed E-state index contributed by atoms with van der Waals surface area (Å²) in [4.78, 5) is 10.7. The first-order valence-electron chi connectivity index (χ1n) is 3.48. The van der Waals surface area contributed by atoms with E-state index in [1.54, 1.807) is 13.0 Å². The molecule has 5 nitrogen and oxygen atoms in total.